The van der Waals surface area contributed by atoms with Crippen molar-refractivity contribution in [1.29, 1.82) is 0 Å². The number of aromatic hydroxyl groups is 1. The van der Waals surface area contributed by atoms with Gasteiger partial charge >= 0.3 is 6.03 Å². The van der Waals surface area contributed by atoms with Crippen LogP contribution in [0.5, 0.6) is 11.6 Å². The Labute approximate surface area is 170 Å². The highest BCUT2D eigenvalue weighted by Crippen LogP contribution is 2.37. The zero-order valence-electron chi connectivity index (χ0n) is 16.2. The first-order valence-electron chi connectivity index (χ1n) is 9.25. The Kier molecular flexibility index (Phi) is 3.76. The van der Waals surface area contributed by atoms with Crippen LogP contribution in [-0.4, -0.2) is 33.7 Å². The Morgan fingerprint density at radius 1 is 1.23 bits per heavy atom. The fourth-order valence-corrected chi connectivity index (χ4v) is 3.89. The molecule has 0 bridgehead atoms. The first kappa shape index (κ1) is 18.0. The van der Waals surface area contributed by atoms with E-state index in [9.17, 15) is 14.7 Å². The summed E-state index contributed by atoms with van der Waals surface area (Å²) in [5.74, 6) is 0.238. The number of carbonyl (C=O) groups is 2. The van der Waals surface area contributed by atoms with Gasteiger partial charge in [0, 0.05) is 40.3 Å². The molecule has 0 saturated carbocycles. The number of ether oxygens (including phenoxy) is 1. The number of amides is 3. The molecule has 9 heteroatoms. The minimum absolute atomic E-state index is 0.0498. The average Bonchev–Trinajstić information content (AvgIpc) is 3.38. The lowest BCUT2D eigenvalue weighted by molar-refractivity contribution is -0.125. The number of fused-ring (bicyclic) bond motifs is 2. The Hall–Kier alpha value is -4.01. The second kappa shape index (κ2) is 6.24. The molecule has 4 aromatic rings. The first-order chi connectivity index (χ1) is 14.4. The summed E-state index contributed by atoms with van der Waals surface area (Å²) in [6.45, 7) is 1.78. The number of carbonyl (C=O) groups excluding carboxylic acids is 2. The van der Waals surface area contributed by atoms with E-state index in [4.69, 9.17) is 9.15 Å². The number of nitrogens with zero attached hydrogens (tertiary/aromatic N) is 2. The van der Waals surface area contributed by atoms with Crippen molar-refractivity contribution < 1.29 is 23.8 Å². The molecular formula is C21H18N4O5. The number of methoxy groups -OCH3 is 1. The molecule has 1 aromatic carbocycles. The fourth-order valence-electron chi connectivity index (χ4n) is 3.89. The zero-order valence-corrected chi connectivity index (χ0v) is 16.2. The summed E-state index contributed by atoms with van der Waals surface area (Å²) in [5, 5.41) is 17.8. The van der Waals surface area contributed by atoms with Crippen molar-refractivity contribution in [3.05, 3.63) is 54.2 Å². The fraction of sp³-hybridized carbons (Fsp3) is 0.190. The van der Waals surface area contributed by atoms with Gasteiger partial charge in [0.05, 0.1) is 13.7 Å². The van der Waals surface area contributed by atoms with Crippen LogP contribution in [0.3, 0.4) is 0 Å². The van der Waals surface area contributed by atoms with Crippen LogP contribution in [0.4, 0.5) is 4.79 Å². The van der Waals surface area contributed by atoms with Crippen LogP contribution in [0.15, 0.2) is 47.3 Å². The Bertz CT molecular complexity index is 1340. The van der Waals surface area contributed by atoms with Crippen LogP contribution in [0.25, 0.3) is 21.7 Å². The number of furan rings is 1. The summed E-state index contributed by atoms with van der Waals surface area (Å²) in [6.07, 6.45) is 5.00. The van der Waals surface area contributed by atoms with E-state index in [-0.39, 0.29) is 18.2 Å². The number of imide groups is 1. The molecule has 3 aromatic heterocycles. The number of nitrogens with one attached hydrogen (secondary N) is 2. The van der Waals surface area contributed by atoms with E-state index in [1.165, 1.54) is 4.57 Å². The van der Waals surface area contributed by atoms with Crippen LogP contribution >= 0.6 is 0 Å². The van der Waals surface area contributed by atoms with Gasteiger partial charge in [-0.05, 0) is 31.2 Å². The lowest BCUT2D eigenvalue weighted by atomic mass is 9.96. The molecule has 0 unspecified atom stereocenters. The van der Waals surface area contributed by atoms with Crippen molar-refractivity contribution in [3.8, 4) is 11.6 Å². The Morgan fingerprint density at radius 2 is 2.07 bits per heavy atom. The van der Waals surface area contributed by atoms with Gasteiger partial charge in [0.15, 0.2) is 11.4 Å². The number of aromatic nitrogens is 2. The lowest BCUT2D eigenvalue weighted by Crippen LogP contribution is -2.47. The third-order valence-corrected chi connectivity index (χ3v) is 5.44. The summed E-state index contributed by atoms with van der Waals surface area (Å²) in [5.41, 5.74) is -0.140. The van der Waals surface area contributed by atoms with E-state index in [1.54, 1.807) is 50.0 Å². The second-order valence-electron chi connectivity index (χ2n) is 7.33. The van der Waals surface area contributed by atoms with Crippen molar-refractivity contribution >= 4 is 33.7 Å². The summed E-state index contributed by atoms with van der Waals surface area (Å²) >= 11 is 0. The molecule has 4 heterocycles. The Morgan fingerprint density at radius 3 is 2.77 bits per heavy atom. The highest BCUT2D eigenvalue weighted by molar-refractivity contribution is 6.07. The molecule has 0 aliphatic carbocycles. The molecule has 0 radical (unpaired) electrons. The van der Waals surface area contributed by atoms with Gasteiger partial charge < -0.3 is 24.1 Å². The van der Waals surface area contributed by atoms with Gasteiger partial charge in [-0.3, -0.25) is 15.1 Å². The topological polar surface area (TPSA) is 119 Å². The van der Waals surface area contributed by atoms with Crippen molar-refractivity contribution in [2.75, 3.05) is 7.11 Å². The van der Waals surface area contributed by atoms with Gasteiger partial charge in [-0.2, -0.15) is 0 Å². The molecule has 30 heavy (non-hydrogen) atoms. The first-order valence-corrected chi connectivity index (χ1v) is 9.25. The van der Waals surface area contributed by atoms with Gasteiger partial charge in [0.2, 0.25) is 0 Å². The van der Waals surface area contributed by atoms with E-state index in [0.717, 1.165) is 10.9 Å². The molecule has 1 fully saturated rings. The number of benzene rings is 1. The van der Waals surface area contributed by atoms with Gasteiger partial charge in [0.25, 0.3) is 5.91 Å². The highest BCUT2D eigenvalue weighted by Gasteiger charge is 2.51. The van der Waals surface area contributed by atoms with E-state index in [0.29, 0.717) is 22.1 Å². The molecule has 3 amide bonds. The zero-order chi connectivity index (χ0) is 21.0. The van der Waals surface area contributed by atoms with Crippen molar-refractivity contribution in [2.45, 2.75) is 19.0 Å². The summed E-state index contributed by atoms with van der Waals surface area (Å²) in [6, 6.07) is 6.34. The quantitative estimate of drug-likeness (QED) is 0.448. The van der Waals surface area contributed by atoms with Crippen LogP contribution in [0, 0.1) is 6.92 Å². The van der Waals surface area contributed by atoms with Crippen LogP contribution in [-0.2, 0) is 16.9 Å². The lowest BCUT2D eigenvalue weighted by Gasteiger charge is -2.24. The molecule has 9 nitrogen and oxygen atoms in total. The summed E-state index contributed by atoms with van der Waals surface area (Å²) in [7, 11) is 1.54. The Balaban J connectivity index is 1.66. The summed E-state index contributed by atoms with van der Waals surface area (Å²) < 4.78 is 12.7. The normalized spacial score (nSPS) is 18.7. The largest absolute Gasteiger partial charge is 0.497 e. The summed E-state index contributed by atoms with van der Waals surface area (Å²) in [4.78, 5) is 29.1. The second-order valence-corrected chi connectivity index (χ2v) is 7.33. The van der Waals surface area contributed by atoms with Gasteiger partial charge in [-0.25, -0.2) is 4.79 Å². The number of pyridine rings is 1. The van der Waals surface area contributed by atoms with E-state index >= 15 is 0 Å². The molecule has 1 saturated heterocycles. The molecule has 1 aliphatic rings. The molecule has 152 valence electrons. The maximum Gasteiger partial charge on any atom is 0.322 e. The van der Waals surface area contributed by atoms with E-state index in [2.05, 4.69) is 15.6 Å². The number of aryl methyl sites for hydroxylation is 1. The van der Waals surface area contributed by atoms with Crippen molar-refractivity contribution in [1.82, 2.24) is 20.2 Å². The third kappa shape index (κ3) is 2.52. The predicted molar refractivity (Wildman–Crippen MR) is 107 cm³/mol. The smallest absolute Gasteiger partial charge is 0.322 e. The average molecular weight is 406 g/mol. The minimum atomic E-state index is -1.53. The van der Waals surface area contributed by atoms with Gasteiger partial charge in [-0.15, -0.1) is 0 Å². The van der Waals surface area contributed by atoms with Crippen LogP contribution in [0.1, 0.15) is 11.3 Å². The van der Waals surface area contributed by atoms with E-state index in [1.807, 2.05) is 6.92 Å². The van der Waals surface area contributed by atoms with Crippen LogP contribution in [0.2, 0.25) is 0 Å². The standard InChI is InChI=1S/C21H18N4O5/c1-11-7-22-8-13-5-16(30-17(11)13)21(19(27)23-20(28)24-21)10-25-9-12-3-4-14(29-2)6-15(12)18(25)26/h3-9,26H,10H2,1-2H3,(H2,23,24,27,28)/t21-/m0/s1. The van der Waals surface area contributed by atoms with Gasteiger partial charge in [0.1, 0.15) is 17.1 Å². The molecule has 1 aliphatic heterocycles. The maximum atomic E-state index is 12.9. The molecule has 0 spiro atoms. The SMILES string of the molecule is COc1ccc2cn(C[C@@]3(c4cc5cncc(C)c5o4)NC(=O)NC3=O)c(O)c2c1. The monoisotopic (exact) mass is 406 g/mol. The highest BCUT2D eigenvalue weighted by atomic mass is 16.5. The molecular weight excluding hydrogens is 388 g/mol. The number of hydrogen-bond donors (Lipinski definition) is 3. The number of urea groups is 1. The van der Waals surface area contributed by atoms with Gasteiger partial charge in [-0.1, -0.05) is 0 Å². The molecule has 1 atom stereocenters. The predicted octanol–water partition coefficient (Wildman–Crippen LogP) is 2.54. The molecule has 3 N–H and O–H groups in total. The minimum Gasteiger partial charge on any atom is -0.497 e. The maximum absolute atomic E-state index is 12.9. The number of rotatable bonds is 4. The number of hydrogen-bond acceptors (Lipinski definition) is 6. The van der Waals surface area contributed by atoms with Crippen molar-refractivity contribution in [2.24, 2.45) is 0 Å². The third-order valence-electron chi connectivity index (χ3n) is 5.44. The van der Waals surface area contributed by atoms with E-state index < -0.39 is 17.5 Å². The molecule has 5 rings (SSSR count). The van der Waals surface area contributed by atoms with Crippen LogP contribution < -0.4 is 15.4 Å². The van der Waals surface area contributed by atoms with Crippen molar-refractivity contribution in [3.63, 3.8) is 0 Å².